The van der Waals surface area contributed by atoms with Crippen molar-refractivity contribution in [2.75, 3.05) is 41.8 Å². The maximum Gasteiger partial charge on any atom is 0.387 e. The molecule has 29 heavy (non-hydrogen) atoms. The number of ether oxygens (including phenoxy) is 2. The third-order valence-electron chi connectivity index (χ3n) is 4.15. The SMILES string of the molecule is N#Cc1ccc(OC(F)F)c(NC(=O)Nc2cccc(N3CCOCC3)c2Br)c1. The quantitative estimate of drug-likeness (QED) is 0.681. The number of halogens is 3. The summed E-state index contributed by atoms with van der Waals surface area (Å²) in [5.41, 5.74) is 1.55. The highest BCUT2D eigenvalue weighted by Crippen LogP contribution is 2.34. The van der Waals surface area contributed by atoms with Gasteiger partial charge in [0, 0.05) is 13.1 Å². The predicted molar refractivity (Wildman–Crippen MR) is 108 cm³/mol. The molecule has 0 spiro atoms. The minimum absolute atomic E-state index is 0.0395. The Kier molecular flexibility index (Phi) is 6.85. The number of alkyl halides is 2. The maximum absolute atomic E-state index is 12.6. The molecule has 1 fully saturated rings. The van der Waals surface area contributed by atoms with Crippen molar-refractivity contribution in [3.8, 4) is 11.8 Å². The highest BCUT2D eigenvalue weighted by molar-refractivity contribution is 9.10. The molecule has 3 rings (SSSR count). The van der Waals surface area contributed by atoms with Gasteiger partial charge in [0.05, 0.1) is 46.4 Å². The number of amides is 2. The molecule has 1 heterocycles. The van der Waals surface area contributed by atoms with E-state index < -0.39 is 12.6 Å². The molecule has 0 aromatic heterocycles. The van der Waals surface area contributed by atoms with Gasteiger partial charge in [-0.2, -0.15) is 14.0 Å². The number of nitriles is 1. The Morgan fingerprint density at radius 1 is 1.21 bits per heavy atom. The van der Waals surface area contributed by atoms with Crippen molar-refractivity contribution in [1.29, 1.82) is 5.26 Å². The van der Waals surface area contributed by atoms with E-state index in [-0.39, 0.29) is 17.0 Å². The number of nitrogens with one attached hydrogen (secondary N) is 2. The molecule has 2 N–H and O–H groups in total. The topological polar surface area (TPSA) is 86.6 Å². The summed E-state index contributed by atoms with van der Waals surface area (Å²) in [6, 6.07) is 10.4. The van der Waals surface area contributed by atoms with Crippen LogP contribution in [0.4, 0.5) is 30.6 Å². The van der Waals surface area contributed by atoms with Crippen molar-refractivity contribution in [3.63, 3.8) is 0 Å². The molecule has 0 saturated carbocycles. The highest BCUT2D eigenvalue weighted by Gasteiger charge is 2.18. The standard InChI is InChI=1S/C19H17BrF2N4O3/c20-17-13(2-1-3-15(17)26-6-8-28-9-7-26)24-19(27)25-14-10-12(11-23)4-5-16(14)29-18(21)22/h1-5,10,18H,6-9H2,(H2,24,25,27). The summed E-state index contributed by atoms with van der Waals surface area (Å²) >= 11 is 3.51. The molecular formula is C19H17BrF2N4O3. The van der Waals surface area contributed by atoms with Crippen LogP contribution in [0, 0.1) is 11.3 Å². The van der Waals surface area contributed by atoms with E-state index in [1.54, 1.807) is 12.1 Å². The normalized spacial score (nSPS) is 13.7. The molecule has 0 aliphatic carbocycles. The van der Waals surface area contributed by atoms with Crippen LogP contribution < -0.4 is 20.3 Å². The van der Waals surface area contributed by atoms with Crippen molar-refractivity contribution in [2.24, 2.45) is 0 Å². The molecule has 2 aromatic carbocycles. The Morgan fingerprint density at radius 3 is 2.62 bits per heavy atom. The number of anilines is 3. The zero-order chi connectivity index (χ0) is 20.8. The van der Waals surface area contributed by atoms with Crippen molar-refractivity contribution >= 4 is 39.0 Å². The lowest BCUT2D eigenvalue weighted by atomic mass is 10.2. The summed E-state index contributed by atoms with van der Waals surface area (Å²) in [5, 5.41) is 14.1. The number of nitrogens with zero attached hydrogens (tertiary/aromatic N) is 2. The smallest absolute Gasteiger partial charge is 0.387 e. The Balaban J connectivity index is 1.77. The fraction of sp³-hybridized carbons (Fsp3) is 0.263. The second-order valence-electron chi connectivity index (χ2n) is 6.02. The largest absolute Gasteiger partial charge is 0.433 e. The average Bonchev–Trinajstić information content (AvgIpc) is 2.71. The molecule has 0 radical (unpaired) electrons. The summed E-state index contributed by atoms with van der Waals surface area (Å²) in [7, 11) is 0. The molecule has 10 heteroatoms. The highest BCUT2D eigenvalue weighted by atomic mass is 79.9. The van der Waals surface area contributed by atoms with Crippen molar-refractivity contribution in [3.05, 3.63) is 46.4 Å². The first-order valence-corrected chi connectivity index (χ1v) is 9.45. The van der Waals surface area contributed by atoms with Gasteiger partial charge in [-0.05, 0) is 46.3 Å². The molecule has 1 aliphatic heterocycles. The van der Waals surface area contributed by atoms with Gasteiger partial charge in [0.2, 0.25) is 0 Å². The number of urea groups is 1. The van der Waals surface area contributed by atoms with Gasteiger partial charge < -0.3 is 25.0 Å². The van der Waals surface area contributed by atoms with Gasteiger partial charge in [-0.3, -0.25) is 0 Å². The fourth-order valence-electron chi connectivity index (χ4n) is 2.84. The first-order chi connectivity index (χ1) is 14.0. The van der Waals surface area contributed by atoms with Gasteiger partial charge in [-0.1, -0.05) is 6.07 Å². The van der Waals surface area contributed by atoms with Crippen molar-refractivity contribution < 1.29 is 23.0 Å². The van der Waals surface area contributed by atoms with Crippen molar-refractivity contribution in [1.82, 2.24) is 0 Å². The van der Waals surface area contributed by atoms with Crippen molar-refractivity contribution in [2.45, 2.75) is 6.61 Å². The maximum atomic E-state index is 12.6. The lowest BCUT2D eigenvalue weighted by Crippen LogP contribution is -2.36. The Hall–Kier alpha value is -2.90. The van der Waals surface area contributed by atoms with Crippen LogP contribution in [-0.4, -0.2) is 38.9 Å². The Bertz CT molecular complexity index is 930. The molecule has 1 saturated heterocycles. The zero-order valence-corrected chi connectivity index (χ0v) is 16.7. The van der Waals surface area contributed by atoms with E-state index in [1.807, 2.05) is 12.1 Å². The lowest BCUT2D eigenvalue weighted by Gasteiger charge is -2.30. The first-order valence-electron chi connectivity index (χ1n) is 8.66. The minimum atomic E-state index is -3.06. The van der Waals surface area contributed by atoms with E-state index in [1.165, 1.54) is 18.2 Å². The van der Waals surface area contributed by atoms with E-state index in [0.29, 0.717) is 23.4 Å². The van der Waals surface area contributed by atoms with E-state index in [0.717, 1.165) is 18.8 Å². The number of hydrogen-bond acceptors (Lipinski definition) is 5. The summed E-state index contributed by atoms with van der Waals surface area (Å²) in [6.45, 7) is -0.377. The van der Waals surface area contributed by atoms with Gasteiger partial charge >= 0.3 is 12.6 Å². The first kappa shape index (κ1) is 20.8. The number of carbonyl (C=O) groups is 1. The van der Waals surface area contributed by atoms with Crippen LogP contribution in [-0.2, 0) is 4.74 Å². The Labute approximate surface area is 174 Å². The number of morpholine rings is 1. The van der Waals surface area contributed by atoms with Crippen LogP contribution >= 0.6 is 15.9 Å². The average molecular weight is 467 g/mol. The predicted octanol–water partition coefficient (Wildman–Crippen LogP) is 4.40. The molecule has 0 atom stereocenters. The van der Waals surface area contributed by atoms with E-state index in [2.05, 4.69) is 36.2 Å². The third-order valence-corrected chi connectivity index (χ3v) is 4.98. The van der Waals surface area contributed by atoms with Crippen LogP contribution in [0.1, 0.15) is 5.56 Å². The second kappa shape index (κ2) is 9.54. The van der Waals surface area contributed by atoms with Gasteiger partial charge in [0.15, 0.2) is 0 Å². The molecular weight excluding hydrogens is 450 g/mol. The van der Waals surface area contributed by atoms with Gasteiger partial charge in [-0.15, -0.1) is 0 Å². The van der Waals surface area contributed by atoms with Crippen LogP contribution in [0.5, 0.6) is 5.75 Å². The third kappa shape index (κ3) is 5.34. The number of hydrogen-bond donors (Lipinski definition) is 2. The molecule has 2 amide bonds. The van der Waals surface area contributed by atoms with Gasteiger partial charge in [0.25, 0.3) is 0 Å². The monoisotopic (exact) mass is 466 g/mol. The van der Waals surface area contributed by atoms with Crippen LogP contribution in [0.25, 0.3) is 0 Å². The number of benzene rings is 2. The van der Waals surface area contributed by atoms with Gasteiger partial charge in [-0.25, -0.2) is 4.79 Å². The summed E-state index contributed by atoms with van der Waals surface area (Å²) in [6.07, 6.45) is 0. The molecule has 1 aliphatic rings. The molecule has 0 unspecified atom stereocenters. The lowest BCUT2D eigenvalue weighted by molar-refractivity contribution is -0.0493. The van der Waals surface area contributed by atoms with E-state index in [4.69, 9.17) is 10.00 Å². The summed E-state index contributed by atoms with van der Waals surface area (Å²) in [4.78, 5) is 14.6. The van der Waals surface area contributed by atoms with Crippen LogP contribution in [0.15, 0.2) is 40.9 Å². The van der Waals surface area contributed by atoms with Gasteiger partial charge in [0.1, 0.15) is 5.75 Å². The minimum Gasteiger partial charge on any atom is -0.433 e. The fourth-order valence-corrected chi connectivity index (χ4v) is 3.45. The Morgan fingerprint density at radius 2 is 1.93 bits per heavy atom. The molecule has 2 aromatic rings. The number of rotatable bonds is 5. The molecule has 7 nitrogen and oxygen atoms in total. The van der Waals surface area contributed by atoms with E-state index in [9.17, 15) is 13.6 Å². The van der Waals surface area contributed by atoms with Crippen LogP contribution in [0.3, 0.4) is 0 Å². The molecule has 152 valence electrons. The van der Waals surface area contributed by atoms with E-state index >= 15 is 0 Å². The number of carbonyl (C=O) groups excluding carboxylic acids is 1. The summed E-state index contributed by atoms with van der Waals surface area (Å²) in [5.74, 6) is -0.240. The zero-order valence-electron chi connectivity index (χ0n) is 15.1. The van der Waals surface area contributed by atoms with Crippen LogP contribution in [0.2, 0.25) is 0 Å². The summed E-state index contributed by atoms with van der Waals surface area (Å²) < 4.78 is 35.7. The molecule has 0 bridgehead atoms. The second-order valence-corrected chi connectivity index (χ2v) is 6.81.